The molecule has 0 aliphatic rings. The number of aryl methyl sites for hydroxylation is 1. The summed E-state index contributed by atoms with van der Waals surface area (Å²) in [5.41, 5.74) is 3.93. The fraction of sp³-hybridized carbons (Fsp3) is 0.429. The van der Waals surface area contributed by atoms with Crippen LogP contribution < -0.4 is 4.74 Å². The van der Waals surface area contributed by atoms with Gasteiger partial charge in [-0.15, -0.1) is 18.5 Å². The highest BCUT2D eigenvalue weighted by molar-refractivity contribution is 7.16. The molecule has 0 N–H and O–H groups in total. The lowest BCUT2D eigenvalue weighted by atomic mass is 9.85. The fourth-order valence-corrected chi connectivity index (χ4v) is 3.88. The molecule has 2 unspecified atom stereocenters. The Bertz CT molecular complexity index is 703. The van der Waals surface area contributed by atoms with Crippen LogP contribution in [-0.2, 0) is 6.16 Å². The molecule has 0 amide bonds. The lowest BCUT2D eigenvalue weighted by Crippen LogP contribution is -2.29. The van der Waals surface area contributed by atoms with Gasteiger partial charge in [0.25, 0.3) is 0 Å². The predicted octanol–water partition coefficient (Wildman–Crippen LogP) is 6.24. The van der Waals surface area contributed by atoms with Gasteiger partial charge in [-0.05, 0) is 72.5 Å². The molecule has 2 aromatic rings. The number of benzene rings is 2. The molecule has 2 rings (SSSR count). The summed E-state index contributed by atoms with van der Waals surface area (Å²) in [5, 5.41) is 0. The van der Waals surface area contributed by atoms with E-state index in [0.717, 1.165) is 54.2 Å². The van der Waals surface area contributed by atoms with Crippen molar-refractivity contribution in [3.8, 4) is 16.9 Å². The lowest BCUT2D eigenvalue weighted by molar-refractivity contribution is 0.155. The van der Waals surface area contributed by atoms with Crippen molar-refractivity contribution in [2.75, 3.05) is 12.8 Å². The van der Waals surface area contributed by atoms with Gasteiger partial charge >= 0.3 is 0 Å². The molecule has 0 spiro atoms. The first kappa shape index (κ1) is 20.3. The van der Waals surface area contributed by atoms with E-state index in [2.05, 4.69) is 38.4 Å². The van der Waals surface area contributed by atoms with Crippen LogP contribution in [0.25, 0.3) is 11.1 Å². The Labute approximate surface area is 156 Å². The van der Waals surface area contributed by atoms with E-state index in [9.17, 15) is 4.39 Å². The average Bonchev–Trinajstić information content (AvgIpc) is 2.65. The van der Waals surface area contributed by atoms with Crippen LogP contribution in [-0.4, -0.2) is 12.8 Å². The second kappa shape index (κ2) is 9.11. The van der Waals surface area contributed by atoms with Crippen molar-refractivity contribution in [2.24, 2.45) is 5.41 Å². The van der Waals surface area contributed by atoms with Crippen LogP contribution in [0.15, 0.2) is 36.4 Å². The van der Waals surface area contributed by atoms with Gasteiger partial charge in [-0.1, -0.05) is 32.0 Å². The normalized spacial score (nSPS) is 11.6. The van der Waals surface area contributed by atoms with Gasteiger partial charge < -0.3 is 4.74 Å². The minimum absolute atomic E-state index is 0.165. The van der Waals surface area contributed by atoms with Gasteiger partial charge in [0.2, 0.25) is 0 Å². The predicted molar refractivity (Wildman–Crippen MR) is 113 cm³/mol. The van der Waals surface area contributed by atoms with Crippen LogP contribution in [0.4, 0.5) is 4.39 Å². The quantitative estimate of drug-likeness (QED) is 0.494. The largest absolute Gasteiger partial charge is 0.493 e. The molecule has 0 fully saturated rings. The van der Waals surface area contributed by atoms with Gasteiger partial charge in [-0.2, -0.15) is 0 Å². The van der Waals surface area contributed by atoms with Crippen molar-refractivity contribution in [1.82, 2.24) is 0 Å². The summed E-state index contributed by atoms with van der Waals surface area (Å²) in [6.07, 6.45) is 4.05. The van der Waals surface area contributed by atoms with Gasteiger partial charge in [0.1, 0.15) is 11.6 Å². The average molecular weight is 378 g/mol. The van der Waals surface area contributed by atoms with Crippen molar-refractivity contribution in [1.29, 1.82) is 0 Å². The molecular formula is C21H29FOP2. The molecule has 0 saturated carbocycles. The highest BCUT2D eigenvalue weighted by atomic mass is 31.0. The molecule has 0 aliphatic carbocycles. The summed E-state index contributed by atoms with van der Waals surface area (Å²) in [6.45, 7) is 6.95. The maximum absolute atomic E-state index is 13.9. The Balaban J connectivity index is 2.25. The van der Waals surface area contributed by atoms with E-state index in [1.807, 2.05) is 24.3 Å². The SMILES string of the molecule is CCC(CC)(CP)COc1ccc(-c2ccc(C)c(F)c2)cc1CP. The number of hydrogen-bond acceptors (Lipinski definition) is 1. The first-order valence-electron chi connectivity index (χ1n) is 8.91. The molecule has 0 bridgehead atoms. The van der Waals surface area contributed by atoms with Gasteiger partial charge in [-0.3, -0.25) is 0 Å². The van der Waals surface area contributed by atoms with Crippen molar-refractivity contribution in [3.63, 3.8) is 0 Å². The Morgan fingerprint density at radius 3 is 2.20 bits per heavy atom. The van der Waals surface area contributed by atoms with Gasteiger partial charge in [-0.25, -0.2) is 4.39 Å². The Hall–Kier alpha value is -0.970. The summed E-state index contributed by atoms with van der Waals surface area (Å²) in [5.74, 6) is 0.762. The molecular weight excluding hydrogens is 349 g/mol. The molecule has 2 atom stereocenters. The summed E-state index contributed by atoms with van der Waals surface area (Å²) in [6, 6.07) is 11.5. The molecule has 0 aliphatic heterocycles. The van der Waals surface area contributed by atoms with E-state index >= 15 is 0 Å². The molecule has 25 heavy (non-hydrogen) atoms. The van der Waals surface area contributed by atoms with Gasteiger partial charge in [0.05, 0.1) is 6.61 Å². The Kier molecular flexibility index (Phi) is 7.41. The molecule has 4 heteroatoms. The van der Waals surface area contributed by atoms with Crippen LogP contribution in [0.5, 0.6) is 5.75 Å². The third kappa shape index (κ3) is 4.81. The molecule has 0 heterocycles. The van der Waals surface area contributed by atoms with E-state index < -0.39 is 0 Å². The fourth-order valence-electron chi connectivity index (χ4n) is 2.86. The van der Waals surface area contributed by atoms with Crippen molar-refractivity contribution >= 4 is 18.5 Å². The third-order valence-electron chi connectivity index (χ3n) is 5.25. The zero-order valence-electron chi connectivity index (χ0n) is 15.4. The van der Waals surface area contributed by atoms with Crippen LogP contribution in [0.1, 0.15) is 37.8 Å². The topological polar surface area (TPSA) is 9.23 Å². The molecule has 0 aromatic heterocycles. The minimum atomic E-state index is -0.165. The smallest absolute Gasteiger partial charge is 0.126 e. The standard InChI is InChI=1S/C21H29FOP2/c1-4-21(5-2,14-25)13-23-20-9-8-16(10-18(20)12-24)17-7-6-15(3)19(22)11-17/h6-11H,4-5,12-14,24-25H2,1-3H3. The first-order chi connectivity index (χ1) is 12.0. The first-order valence-corrected chi connectivity index (χ1v) is 10.5. The number of ether oxygens (including phenoxy) is 1. The van der Waals surface area contributed by atoms with Crippen LogP contribution in [0.2, 0.25) is 0 Å². The highest BCUT2D eigenvalue weighted by Crippen LogP contribution is 2.33. The molecule has 2 aromatic carbocycles. The minimum Gasteiger partial charge on any atom is -0.493 e. The van der Waals surface area contributed by atoms with E-state index in [-0.39, 0.29) is 11.2 Å². The summed E-state index contributed by atoms with van der Waals surface area (Å²) < 4.78 is 20.1. The second-order valence-electron chi connectivity index (χ2n) is 6.69. The molecule has 0 radical (unpaired) electrons. The van der Waals surface area contributed by atoms with Crippen LogP contribution >= 0.6 is 18.5 Å². The van der Waals surface area contributed by atoms with E-state index in [0.29, 0.717) is 5.56 Å². The maximum atomic E-state index is 13.9. The van der Waals surface area contributed by atoms with Crippen molar-refractivity contribution in [2.45, 2.75) is 39.8 Å². The number of halogens is 1. The summed E-state index contributed by atoms with van der Waals surface area (Å²) in [4.78, 5) is 0. The third-order valence-corrected chi connectivity index (χ3v) is 6.56. The summed E-state index contributed by atoms with van der Waals surface area (Å²) >= 11 is 0. The lowest BCUT2D eigenvalue weighted by Gasteiger charge is -2.30. The van der Waals surface area contributed by atoms with Crippen LogP contribution in [0.3, 0.4) is 0 Å². The van der Waals surface area contributed by atoms with Crippen molar-refractivity contribution in [3.05, 3.63) is 53.3 Å². The molecule has 0 saturated heterocycles. The summed E-state index contributed by atoms with van der Waals surface area (Å²) in [7, 11) is 5.62. The monoisotopic (exact) mass is 378 g/mol. The van der Waals surface area contributed by atoms with E-state index in [1.54, 1.807) is 13.0 Å². The Morgan fingerprint density at radius 2 is 1.64 bits per heavy atom. The van der Waals surface area contributed by atoms with E-state index in [1.165, 1.54) is 0 Å². The second-order valence-corrected chi connectivity index (χ2v) is 7.51. The van der Waals surface area contributed by atoms with Gasteiger partial charge in [0, 0.05) is 5.41 Å². The zero-order valence-corrected chi connectivity index (χ0v) is 17.7. The van der Waals surface area contributed by atoms with E-state index in [4.69, 9.17) is 4.74 Å². The van der Waals surface area contributed by atoms with Crippen LogP contribution in [0, 0.1) is 18.2 Å². The Morgan fingerprint density at radius 1 is 1.00 bits per heavy atom. The molecule has 1 nitrogen and oxygen atoms in total. The molecule has 136 valence electrons. The number of rotatable bonds is 8. The van der Waals surface area contributed by atoms with Crippen molar-refractivity contribution < 1.29 is 9.13 Å². The zero-order chi connectivity index (χ0) is 18.4. The highest BCUT2D eigenvalue weighted by Gasteiger charge is 2.25. The maximum Gasteiger partial charge on any atom is 0.126 e. The van der Waals surface area contributed by atoms with Gasteiger partial charge in [0.15, 0.2) is 0 Å². The number of hydrogen-bond donors (Lipinski definition) is 0.